The van der Waals surface area contributed by atoms with E-state index in [1.54, 1.807) is 24.3 Å². The van der Waals surface area contributed by atoms with E-state index in [2.05, 4.69) is 0 Å². The van der Waals surface area contributed by atoms with E-state index < -0.39 is 12.0 Å². The first-order valence-corrected chi connectivity index (χ1v) is 9.01. The summed E-state index contributed by atoms with van der Waals surface area (Å²) < 4.78 is 10.9. The maximum atomic E-state index is 12.6. The molecule has 6 nitrogen and oxygen atoms in total. The van der Waals surface area contributed by atoms with E-state index in [1.165, 1.54) is 0 Å². The number of amides is 2. The van der Waals surface area contributed by atoms with Gasteiger partial charge in [-0.2, -0.15) is 0 Å². The standard InChI is InChI=1S/C21H23NO5/c1-2-26-17-8-10-18(11-9-17)27-14-16(23)13-22-20(24)12-19(21(22)25)15-6-4-3-5-7-15/h3-11,16,19,23H,2,12-14H2,1H3/t16-,19+/m1/s1. The van der Waals surface area contributed by atoms with Gasteiger partial charge in [-0.15, -0.1) is 0 Å². The Morgan fingerprint density at radius 3 is 2.30 bits per heavy atom. The van der Waals surface area contributed by atoms with Gasteiger partial charge in [-0.05, 0) is 36.8 Å². The lowest BCUT2D eigenvalue weighted by atomic mass is 9.98. The quantitative estimate of drug-likeness (QED) is 0.723. The molecule has 0 saturated carbocycles. The minimum absolute atomic E-state index is 0.0129. The number of rotatable bonds is 8. The molecule has 2 aromatic rings. The van der Waals surface area contributed by atoms with Crippen LogP contribution >= 0.6 is 0 Å². The summed E-state index contributed by atoms with van der Waals surface area (Å²) in [5.41, 5.74) is 0.818. The van der Waals surface area contributed by atoms with E-state index in [-0.39, 0.29) is 31.4 Å². The highest BCUT2D eigenvalue weighted by Gasteiger charge is 2.40. The normalized spacial score (nSPS) is 17.9. The molecule has 1 saturated heterocycles. The van der Waals surface area contributed by atoms with Gasteiger partial charge in [-0.1, -0.05) is 30.3 Å². The zero-order valence-corrected chi connectivity index (χ0v) is 15.2. The van der Waals surface area contributed by atoms with Crippen molar-refractivity contribution in [2.45, 2.75) is 25.4 Å². The number of nitrogens with zero attached hydrogens (tertiary/aromatic N) is 1. The first-order chi connectivity index (χ1) is 13.1. The van der Waals surface area contributed by atoms with Crippen molar-refractivity contribution in [1.29, 1.82) is 0 Å². The average Bonchev–Trinajstić information content (AvgIpc) is 2.96. The van der Waals surface area contributed by atoms with Crippen molar-refractivity contribution in [3.63, 3.8) is 0 Å². The highest BCUT2D eigenvalue weighted by Crippen LogP contribution is 2.29. The molecule has 0 radical (unpaired) electrons. The van der Waals surface area contributed by atoms with Gasteiger partial charge in [0.2, 0.25) is 11.8 Å². The number of aliphatic hydroxyl groups is 1. The molecule has 1 N–H and O–H groups in total. The SMILES string of the molecule is CCOc1ccc(OC[C@H](O)CN2C(=O)C[C@@H](c3ccccc3)C2=O)cc1. The Balaban J connectivity index is 1.53. The lowest BCUT2D eigenvalue weighted by molar-refractivity contribution is -0.140. The zero-order valence-electron chi connectivity index (χ0n) is 15.2. The van der Waals surface area contributed by atoms with E-state index in [0.29, 0.717) is 12.4 Å². The number of hydrogen-bond donors (Lipinski definition) is 1. The number of imide groups is 1. The minimum atomic E-state index is -0.959. The van der Waals surface area contributed by atoms with E-state index in [1.807, 2.05) is 37.3 Å². The number of carbonyl (C=O) groups excluding carboxylic acids is 2. The number of ether oxygens (including phenoxy) is 2. The maximum Gasteiger partial charge on any atom is 0.237 e. The summed E-state index contributed by atoms with van der Waals surface area (Å²) in [7, 11) is 0. The molecule has 1 fully saturated rings. The molecule has 2 atom stereocenters. The molecule has 1 aliphatic heterocycles. The average molecular weight is 369 g/mol. The van der Waals surface area contributed by atoms with Gasteiger partial charge in [0.25, 0.3) is 0 Å². The summed E-state index contributed by atoms with van der Waals surface area (Å²) in [4.78, 5) is 25.9. The second-order valence-electron chi connectivity index (χ2n) is 6.38. The maximum absolute atomic E-state index is 12.6. The van der Waals surface area contributed by atoms with E-state index in [4.69, 9.17) is 9.47 Å². The first kappa shape index (κ1) is 18.9. The van der Waals surface area contributed by atoms with E-state index in [0.717, 1.165) is 16.2 Å². The van der Waals surface area contributed by atoms with Gasteiger partial charge in [-0.25, -0.2) is 0 Å². The van der Waals surface area contributed by atoms with Crippen LogP contribution in [0.2, 0.25) is 0 Å². The highest BCUT2D eigenvalue weighted by molar-refractivity contribution is 6.06. The lowest BCUT2D eigenvalue weighted by Gasteiger charge is -2.19. The molecule has 2 aromatic carbocycles. The Hall–Kier alpha value is -2.86. The van der Waals surface area contributed by atoms with Gasteiger partial charge in [0.15, 0.2) is 0 Å². The second-order valence-corrected chi connectivity index (χ2v) is 6.38. The number of benzene rings is 2. The number of likely N-dealkylation sites (tertiary alicyclic amines) is 1. The van der Waals surface area contributed by atoms with Crippen LogP contribution in [0.4, 0.5) is 0 Å². The number of carbonyl (C=O) groups is 2. The largest absolute Gasteiger partial charge is 0.494 e. The molecular formula is C21H23NO5. The molecule has 27 heavy (non-hydrogen) atoms. The van der Waals surface area contributed by atoms with Crippen molar-refractivity contribution in [3.8, 4) is 11.5 Å². The number of hydrogen-bond acceptors (Lipinski definition) is 5. The van der Waals surface area contributed by atoms with Gasteiger partial charge in [-0.3, -0.25) is 14.5 Å². The third-order valence-corrected chi connectivity index (χ3v) is 4.42. The summed E-state index contributed by atoms with van der Waals surface area (Å²) in [6.07, 6.45) is -0.825. The smallest absolute Gasteiger partial charge is 0.237 e. The lowest BCUT2D eigenvalue weighted by Crippen LogP contribution is -2.39. The van der Waals surface area contributed by atoms with Crippen LogP contribution in [0.3, 0.4) is 0 Å². The van der Waals surface area contributed by atoms with Gasteiger partial charge >= 0.3 is 0 Å². The summed E-state index contributed by atoms with van der Waals surface area (Å²) in [5, 5.41) is 10.2. The molecule has 0 aliphatic carbocycles. The van der Waals surface area contributed by atoms with Crippen LogP contribution in [0.25, 0.3) is 0 Å². The van der Waals surface area contributed by atoms with Crippen molar-refractivity contribution < 1.29 is 24.2 Å². The fourth-order valence-corrected chi connectivity index (χ4v) is 3.08. The summed E-state index contributed by atoms with van der Waals surface area (Å²) >= 11 is 0. The number of β-amino-alcohol motifs (C(OH)–C–C–N with tert-alkyl or cyclic N) is 1. The van der Waals surface area contributed by atoms with Crippen molar-refractivity contribution in [3.05, 3.63) is 60.2 Å². The molecule has 142 valence electrons. The summed E-state index contributed by atoms with van der Waals surface area (Å²) in [5.74, 6) is 0.308. The molecule has 0 spiro atoms. The Kier molecular flexibility index (Phi) is 6.08. The van der Waals surface area contributed by atoms with E-state index in [9.17, 15) is 14.7 Å². The first-order valence-electron chi connectivity index (χ1n) is 9.01. The molecule has 1 heterocycles. The van der Waals surface area contributed by atoms with Gasteiger partial charge < -0.3 is 14.6 Å². The zero-order chi connectivity index (χ0) is 19.2. The predicted molar refractivity (Wildman–Crippen MR) is 99.6 cm³/mol. The summed E-state index contributed by atoms with van der Waals surface area (Å²) in [6.45, 7) is 2.41. The summed E-state index contributed by atoms with van der Waals surface area (Å²) in [6, 6.07) is 16.3. The van der Waals surface area contributed by atoms with Crippen LogP contribution in [0.15, 0.2) is 54.6 Å². The van der Waals surface area contributed by atoms with E-state index >= 15 is 0 Å². The van der Waals surface area contributed by atoms with Crippen LogP contribution in [-0.2, 0) is 9.59 Å². The topological polar surface area (TPSA) is 76.1 Å². The van der Waals surface area contributed by atoms with Crippen LogP contribution in [0, 0.1) is 0 Å². The highest BCUT2D eigenvalue weighted by atomic mass is 16.5. The predicted octanol–water partition coefficient (Wildman–Crippen LogP) is 2.37. The molecule has 1 aliphatic rings. The molecular weight excluding hydrogens is 346 g/mol. The minimum Gasteiger partial charge on any atom is -0.494 e. The third kappa shape index (κ3) is 4.65. The van der Waals surface area contributed by atoms with Gasteiger partial charge in [0.05, 0.1) is 19.1 Å². The van der Waals surface area contributed by atoms with Crippen molar-refractivity contribution in [1.82, 2.24) is 4.90 Å². The number of aliphatic hydroxyl groups excluding tert-OH is 1. The van der Waals surface area contributed by atoms with Crippen LogP contribution in [-0.4, -0.2) is 47.7 Å². The molecule has 0 bridgehead atoms. The molecule has 3 rings (SSSR count). The molecule has 6 heteroatoms. The van der Waals surface area contributed by atoms with Crippen LogP contribution < -0.4 is 9.47 Å². The Morgan fingerprint density at radius 2 is 1.67 bits per heavy atom. The van der Waals surface area contributed by atoms with Gasteiger partial charge in [0.1, 0.15) is 24.2 Å². The van der Waals surface area contributed by atoms with Crippen molar-refractivity contribution in [2.75, 3.05) is 19.8 Å². The van der Waals surface area contributed by atoms with Crippen molar-refractivity contribution in [2.24, 2.45) is 0 Å². The fourth-order valence-electron chi connectivity index (χ4n) is 3.08. The molecule has 0 aromatic heterocycles. The third-order valence-electron chi connectivity index (χ3n) is 4.42. The second kappa shape index (κ2) is 8.68. The van der Waals surface area contributed by atoms with Crippen molar-refractivity contribution >= 4 is 11.8 Å². The van der Waals surface area contributed by atoms with Gasteiger partial charge in [0, 0.05) is 6.42 Å². The monoisotopic (exact) mass is 369 g/mol. The molecule has 2 amide bonds. The Morgan fingerprint density at radius 1 is 1.04 bits per heavy atom. The fraction of sp³-hybridized carbons (Fsp3) is 0.333. The molecule has 0 unspecified atom stereocenters. The Bertz CT molecular complexity index is 775. The van der Waals surface area contributed by atoms with Crippen LogP contribution in [0.5, 0.6) is 11.5 Å². The van der Waals surface area contributed by atoms with Crippen LogP contribution in [0.1, 0.15) is 24.8 Å². The Labute approximate surface area is 158 Å².